The van der Waals surface area contributed by atoms with Crippen LogP contribution in [-0.2, 0) is 4.74 Å². The molecule has 0 aliphatic carbocycles. The Kier molecular flexibility index (Phi) is 6.41. The second-order valence-electron chi connectivity index (χ2n) is 5.29. The zero-order valence-corrected chi connectivity index (χ0v) is 15.3. The summed E-state index contributed by atoms with van der Waals surface area (Å²) in [4.78, 5) is 22.5. The molecule has 2 rings (SSSR count). The second-order valence-corrected chi connectivity index (χ2v) is 5.67. The van der Waals surface area contributed by atoms with Crippen molar-refractivity contribution >= 4 is 40.6 Å². The van der Waals surface area contributed by atoms with Gasteiger partial charge in [0.05, 0.1) is 32.0 Å². The summed E-state index contributed by atoms with van der Waals surface area (Å²) in [7, 11) is 6.51. The number of methoxy groups -OCH3 is 2. The first kappa shape index (κ1) is 18.8. The third-order valence-electron chi connectivity index (χ3n) is 3.23. The van der Waals surface area contributed by atoms with E-state index in [9.17, 15) is 4.79 Å². The predicted molar refractivity (Wildman–Crippen MR) is 97.7 cm³/mol. The number of halogens is 1. The number of benzene rings is 1. The Labute approximate surface area is 151 Å². The summed E-state index contributed by atoms with van der Waals surface area (Å²) in [6.45, 7) is 0.343. The number of pyridine rings is 1. The molecule has 0 atom stereocenters. The number of alkyl halides is 1. The average molecular weight is 366 g/mol. The minimum absolute atomic E-state index is 0.265. The summed E-state index contributed by atoms with van der Waals surface area (Å²) in [5.74, 6) is 1.16. The van der Waals surface area contributed by atoms with Gasteiger partial charge < -0.3 is 19.1 Å². The lowest BCUT2D eigenvalue weighted by Crippen LogP contribution is -2.08. The Balaban J connectivity index is 2.62. The summed E-state index contributed by atoms with van der Waals surface area (Å²) in [6.07, 6.45) is 1.56. The van der Waals surface area contributed by atoms with E-state index in [4.69, 9.17) is 25.8 Å². The minimum atomic E-state index is -0.512. The van der Waals surface area contributed by atoms with Crippen LogP contribution in [0.4, 0.5) is 5.82 Å². The van der Waals surface area contributed by atoms with Crippen LogP contribution in [0.5, 0.6) is 11.5 Å². The molecule has 0 N–H and O–H groups in total. The van der Waals surface area contributed by atoms with E-state index < -0.39 is 5.97 Å². The molecular formula is C17H20ClN3O4. The number of hydrogen-bond acceptors (Lipinski definition) is 6. The van der Waals surface area contributed by atoms with Gasteiger partial charge in [-0.3, -0.25) is 0 Å². The molecule has 0 fully saturated rings. The van der Waals surface area contributed by atoms with Crippen molar-refractivity contribution in [2.24, 2.45) is 4.99 Å². The van der Waals surface area contributed by atoms with Gasteiger partial charge in [0.15, 0.2) is 17.3 Å². The molecule has 2 aromatic rings. The normalized spacial score (nSPS) is 10.9. The van der Waals surface area contributed by atoms with Crippen LogP contribution in [0.1, 0.15) is 10.4 Å². The fourth-order valence-electron chi connectivity index (χ4n) is 2.12. The molecule has 0 unspecified atom stereocenters. The van der Waals surface area contributed by atoms with E-state index in [1.807, 2.05) is 14.1 Å². The molecule has 7 nitrogen and oxygen atoms in total. The molecule has 1 aromatic heterocycles. The minimum Gasteiger partial charge on any atom is -0.493 e. The molecule has 0 aliphatic heterocycles. The van der Waals surface area contributed by atoms with E-state index in [2.05, 4.69) is 9.98 Å². The lowest BCUT2D eigenvalue weighted by atomic mass is 10.1. The Hall–Kier alpha value is -2.54. The lowest BCUT2D eigenvalue weighted by Gasteiger charge is -2.12. The monoisotopic (exact) mass is 365 g/mol. The number of hydrogen-bond donors (Lipinski definition) is 0. The van der Waals surface area contributed by atoms with Crippen LogP contribution in [0, 0.1) is 0 Å². The van der Waals surface area contributed by atoms with Crippen molar-refractivity contribution < 1.29 is 19.0 Å². The first-order valence-electron chi connectivity index (χ1n) is 7.50. The standard InChI is InChI=1S/C17H20ClN3O4/c1-21(2)10-19-16-12(17(22)24-4)7-11-8-14(23-3)15(25-6-5-18)9-13(11)20-16/h7-10H,5-6H2,1-4H3/b19-10+. The van der Waals surface area contributed by atoms with E-state index in [-0.39, 0.29) is 11.4 Å². The van der Waals surface area contributed by atoms with Gasteiger partial charge in [-0.05, 0) is 12.1 Å². The molecule has 25 heavy (non-hydrogen) atoms. The number of carbonyl (C=O) groups is 1. The molecule has 0 bridgehead atoms. The Bertz CT molecular complexity index is 793. The molecular weight excluding hydrogens is 346 g/mol. The molecule has 1 heterocycles. The predicted octanol–water partition coefficient (Wildman–Crippen LogP) is 2.87. The number of fused-ring (bicyclic) bond motifs is 1. The van der Waals surface area contributed by atoms with Crippen molar-refractivity contribution in [2.45, 2.75) is 0 Å². The third-order valence-corrected chi connectivity index (χ3v) is 3.39. The smallest absolute Gasteiger partial charge is 0.341 e. The van der Waals surface area contributed by atoms with Gasteiger partial charge in [-0.15, -0.1) is 11.6 Å². The van der Waals surface area contributed by atoms with Gasteiger partial charge in [-0.25, -0.2) is 14.8 Å². The maximum Gasteiger partial charge on any atom is 0.341 e. The second kappa shape index (κ2) is 8.53. The highest BCUT2D eigenvalue weighted by Gasteiger charge is 2.16. The number of aliphatic imine (C=N–C) groups is 1. The maximum atomic E-state index is 12.1. The van der Waals surface area contributed by atoms with Gasteiger partial charge in [0.2, 0.25) is 0 Å². The van der Waals surface area contributed by atoms with Crippen LogP contribution in [-0.4, -0.2) is 63.0 Å². The third kappa shape index (κ3) is 4.51. The van der Waals surface area contributed by atoms with E-state index in [1.54, 1.807) is 36.5 Å². The molecule has 0 radical (unpaired) electrons. The van der Waals surface area contributed by atoms with Crippen molar-refractivity contribution in [2.75, 3.05) is 40.8 Å². The Morgan fingerprint density at radius 3 is 2.64 bits per heavy atom. The van der Waals surface area contributed by atoms with E-state index in [0.29, 0.717) is 34.9 Å². The summed E-state index contributed by atoms with van der Waals surface area (Å²) >= 11 is 5.68. The molecule has 0 saturated carbocycles. The van der Waals surface area contributed by atoms with Gasteiger partial charge in [0.1, 0.15) is 12.2 Å². The van der Waals surface area contributed by atoms with Gasteiger partial charge in [0.25, 0.3) is 0 Å². The summed E-state index contributed by atoms with van der Waals surface area (Å²) in [5, 5.41) is 0.708. The van der Waals surface area contributed by atoms with Crippen molar-refractivity contribution in [3.8, 4) is 11.5 Å². The van der Waals surface area contributed by atoms with Gasteiger partial charge in [0, 0.05) is 25.5 Å². The summed E-state index contributed by atoms with van der Waals surface area (Å²) in [5.41, 5.74) is 0.883. The number of rotatable bonds is 7. The summed E-state index contributed by atoms with van der Waals surface area (Å²) < 4.78 is 15.8. The zero-order chi connectivity index (χ0) is 18.4. The molecule has 1 aromatic carbocycles. The number of aromatic nitrogens is 1. The van der Waals surface area contributed by atoms with Crippen LogP contribution < -0.4 is 9.47 Å². The molecule has 0 spiro atoms. The first-order valence-corrected chi connectivity index (χ1v) is 8.04. The van der Waals surface area contributed by atoms with Crippen molar-refractivity contribution in [3.05, 3.63) is 23.8 Å². The molecule has 0 amide bonds. The topological polar surface area (TPSA) is 73.2 Å². The van der Waals surface area contributed by atoms with Gasteiger partial charge in [-0.1, -0.05) is 0 Å². The number of nitrogens with zero attached hydrogens (tertiary/aromatic N) is 3. The highest BCUT2D eigenvalue weighted by molar-refractivity contribution is 6.18. The van der Waals surface area contributed by atoms with Crippen LogP contribution in [0.25, 0.3) is 10.9 Å². The summed E-state index contributed by atoms with van der Waals surface area (Å²) in [6, 6.07) is 5.15. The fraction of sp³-hybridized carbons (Fsp3) is 0.353. The van der Waals surface area contributed by atoms with Crippen molar-refractivity contribution in [1.82, 2.24) is 9.88 Å². The van der Waals surface area contributed by atoms with Crippen LogP contribution >= 0.6 is 11.6 Å². The maximum absolute atomic E-state index is 12.1. The van der Waals surface area contributed by atoms with Crippen molar-refractivity contribution in [3.63, 3.8) is 0 Å². The van der Waals surface area contributed by atoms with E-state index in [1.165, 1.54) is 7.11 Å². The number of ether oxygens (including phenoxy) is 3. The average Bonchev–Trinajstić information content (AvgIpc) is 2.62. The first-order chi connectivity index (χ1) is 12.0. The van der Waals surface area contributed by atoms with Crippen LogP contribution in [0.15, 0.2) is 23.2 Å². The molecule has 0 saturated heterocycles. The van der Waals surface area contributed by atoms with Crippen molar-refractivity contribution in [1.29, 1.82) is 0 Å². The van der Waals surface area contributed by atoms with Crippen LogP contribution in [0.2, 0.25) is 0 Å². The number of carbonyl (C=O) groups excluding carboxylic acids is 1. The van der Waals surface area contributed by atoms with E-state index in [0.717, 1.165) is 0 Å². The Morgan fingerprint density at radius 2 is 2.04 bits per heavy atom. The van der Waals surface area contributed by atoms with E-state index >= 15 is 0 Å². The molecule has 0 aliphatic rings. The highest BCUT2D eigenvalue weighted by Crippen LogP contribution is 2.34. The quantitative estimate of drug-likeness (QED) is 0.325. The largest absolute Gasteiger partial charge is 0.493 e. The molecule has 8 heteroatoms. The van der Waals surface area contributed by atoms with Crippen LogP contribution in [0.3, 0.4) is 0 Å². The van der Waals surface area contributed by atoms with Gasteiger partial charge >= 0.3 is 5.97 Å². The molecule has 134 valence electrons. The number of esters is 1. The lowest BCUT2D eigenvalue weighted by molar-refractivity contribution is 0.0601. The fourth-order valence-corrected chi connectivity index (χ4v) is 2.20. The van der Waals surface area contributed by atoms with Gasteiger partial charge in [-0.2, -0.15) is 0 Å². The SMILES string of the molecule is COC(=O)c1cc2cc(OC)c(OCCCl)cc2nc1/N=C/N(C)C. The zero-order valence-electron chi connectivity index (χ0n) is 14.6. The highest BCUT2D eigenvalue weighted by atomic mass is 35.5. The Morgan fingerprint density at radius 1 is 1.28 bits per heavy atom.